The summed E-state index contributed by atoms with van der Waals surface area (Å²) < 4.78 is 28.2. The second-order valence-electron chi connectivity index (χ2n) is 4.48. The molecule has 8 heteroatoms. The number of nitro benzene ring substituents is 1. The van der Waals surface area contributed by atoms with Gasteiger partial charge in [0.1, 0.15) is 5.75 Å². The molecule has 0 aromatic heterocycles. The minimum absolute atomic E-state index is 0.0165. The zero-order valence-electron chi connectivity index (χ0n) is 12.2. The van der Waals surface area contributed by atoms with Gasteiger partial charge in [0, 0.05) is 30.1 Å². The minimum Gasteiger partial charge on any atom is -0.493 e. The topological polar surface area (TPSA) is 98.5 Å². The van der Waals surface area contributed by atoms with Gasteiger partial charge in [0.25, 0.3) is 5.69 Å². The van der Waals surface area contributed by atoms with E-state index in [1.165, 1.54) is 12.1 Å². The highest BCUT2D eigenvalue weighted by Crippen LogP contribution is 2.26. The molecule has 0 saturated heterocycles. The molecule has 0 aliphatic carbocycles. The van der Waals surface area contributed by atoms with Gasteiger partial charge >= 0.3 is 0 Å². The smallest absolute Gasteiger partial charge is 0.275 e. The van der Waals surface area contributed by atoms with Crippen LogP contribution < -0.4 is 10.1 Å². The molecular weight excluding hydrogens is 296 g/mol. The van der Waals surface area contributed by atoms with Gasteiger partial charge in [0.05, 0.1) is 23.3 Å². The van der Waals surface area contributed by atoms with Crippen molar-refractivity contribution >= 4 is 21.2 Å². The van der Waals surface area contributed by atoms with Crippen molar-refractivity contribution in [2.24, 2.45) is 0 Å². The third kappa shape index (κ3) is 5.99. The first kappa shape index (κ1) is 17.2. The van der Waals surface area contributed by atoms with Gasteiger partial charge in [-0.1, -0.05) is 13.8 Å². The average Bonchev–Trinajstić information content (AvgIpc) is 2.44. The van der Waals surface area contributed by atoms with E-state index in [9.17, 15) is 18.5 Å². The molecule has 0 atom stereocenters. The van der Waals surface area contributed by atoms with Crippen molar-refractivity contribution in [2.45, 2.75) is 20.3 Å². The van der Waals surface area contributed by atoms with Crippen LogP contribution in [0.1, 0.15) is 20.3 Å². The fraction of sp³-hybridized carbons (Fsp3) is 0.538. The molecule has 21 heavy (non-hydrogen) atoms. The summed E-state index contributed by atoms with van der Waals surface area (Å²) in [6.07, 6.45) is 0.792. The molecule has 0 radical (unpaired) electrons. The maximum Gasteiger partial charge on any atom is 0.275 e. The number of sulfone groups is 1. The Balaban J connectivity index is 2.80. The Bertz CT molecular complexity index is 586. The van der Waals surface area contributed by atoms with Gasteiger partial charge in [-0.3, -0.25) is 10.1 Å². The molecule has 1 aromatic rings. The minimum atomic E-state index is -3.07. The van der Waals surface area contributed by atoms with Crippen LogP contribution in [0.25, 0.3) is 0 Å². The number of ether oxygens (including phenoxy) is 1. The van der Waals surface area contributed by atoms with Gasteiger partial charge < -0.3 is 10.1 Å². The van der Waals surface area contributed by atoms with Crippen molar-refractivity contribution in [3.63, 3.8) is 0 Å². The van der Waals surface area contributed by atoms with Crippen LogP contribution in [0.5, 0.6) is 5.75 Å². The fourth-order valence-corrected chi connectivity index (χ4v) is 2.29. The van der Waals surface area contributed by atoms with Gasteiger partial charge in [0.15, 0.2) is 9.84 Å². The Labute approximate surface area is 124 Å². The lowest BCUT2D eigenvalue weighted by Gasteiger charge is -2.09. The number of benzene rings is 1. The molecule has 0 aliphatic rings. The summed E-state index contributed by atoms with van der Waals surface area (Å²) in [6.45, 7) is 4.18. The predicted molar refractivity (Wildman–Crippen MR) is 81.7 cm³/mol. The molecule has 1 aromatic carbocycles. The normalized spacial score (nSPS) is 11.1. The third-order valence-corrected chi connectivity index (χ3v) is 4.46. The van der Waals surface area contributed by atoms with Crippen molar-refractivity contribution in [2.75, 3.05) is 30.0 Å². The summed E-state index contributed by atoms with van der Waals surface area (Å²) in [5.41, 5.74) is 0.381. The van der Waals surface area contributed by atoms with Crippen LogP contribution in [0.4, 0.5) is 11.4 Å². The van der Waals surface area contributed by atoms with E-state index in [0.29, 0.717) is 18.0 Å². The first-order valence-corrected chi connectivity index (χ1v) is 8.56. The van der Waals surface area contributed by atoms with Crippen LogP contribution in [0, 0.1) is 10.1 Å². The Morgan fingerprint density at radius 3 is 2.57 bits per heavy atom. The summed E-state index contributed by atoms with van der Waals surface area (Å²) in [6, 6.07) is 4.34. The summed E-state index contributed by atoms with van der Waals surface area (Å²) in [4.78, 5) is 10.4. The number of non-ortho nitro benzene ring substituents is 1. The number of nitrogens with one attached hydrogen (secondary N) is 1. The summed E-state index contributed by atoms with van der Waals surface area (Å²) in [5.74, 6) is 0.457. The Hall–Kier alpha value is -1.83. The number of hydrogen-bond donors (Lipinski definition) is 1. The number of hydrogen-bond acceptors (Lipinski definition) is 6. The first-order chi connectivity index (χ1) is 9.88. The molecule has 1 N–H and O–H groups in total. The molecule has 0 spiro atoms. The molecule has 0 heterocycles. The van der Waals surface area contributed by atoms with E-state index in [-0.39, 0.29) is 23.7 Å². The Kier molecular flexibility index (Phi) is 6.41. The predicted octanol–water partition coefficient (Wildman–Crippen LogP) is 2.23. The van der Waals surface area contributed by atoms with Crippen molar-refractivity contribution in [3.8, 4) is 5.75 Å². The Morgan fingerprint density at radius 1 is 1.29 bits per heavy atom. The average molecular weight is 316 g/mol. The highest BCUT2D eigenvalue weighted by atomic mass is 32.2. The second kappa shape index (κ2) is 7.82. The number of nitro groups is 1. The molecule has 0 bridgehead atoms. The van der Waals surface area contributed by atoms with Crippen molar-refractivity contribution in [3.05, 3.63) is 28.3 Å². The van der Waals surface area contributed by atoms with E-state index in [2.05, 4.69) is 5.32 Å². The van der Waals surface area contributed by atoms with E-state index in [1.807, 2.05) is 6.92 Å². The van der Waals surface area contributed by atoms with Crippen molar-refractivity contribution in [1.29, 1.82) is 0 Å². The zero-order valence-corrected chi connectivity index (χ0v) is 13.0. The van der Waals surface area contributed by atoms with Crippen molar-refractivity contribution < 1.29 is 18.1 Å². The van der Waals surface area contributed by atoms with Gasteiger partial charge in [-0.15, -0.1) is 0 Å². The van der Waals surface area contributed by atoms with Crippen molar-refractivity contribution in [1.82, 2.24) is 0 Å². The molecule has 1 rings (SSSR count). The lowest BCUT2D eigenvalue weighted by molar-refractivity contribution is -0.384. The third-order valence-electron chi connectivity index (χ3n) is 2.76. The van der Waals surface area contributed by atoms with E-state index in [0.717, 1.165) is 6.42 Å². The molecule has 0 fully saturated rings. The first-order valence-electron chi connectivity index (χ1n) is 6.74. The molecule has 0 unspecified atom stereocenters. The van der Waals surface area contributed by atoms with E-state index < -0.39 is 14.8 Å². The quantitative estimate of drug-likeness (QED) is 0.554. The van der Waals surface area contributed by atoms with Crippen LogP contribution in [0.15, 0.2) is 18.2 Å². The summed E-state index contributed by atoms with van der Waals surface area (Å²) >= 11 is 0. The van der Waals surface area contributed by atoms with Crippen LogP contribution in [0.3, 0.4) is 0 Å². The van der Waals surface area contributed by atoms with E-state index >= 15 is 0 Å². The van der Waals surface area contributed by atoms with Gasteiger partial charge in [0.2, 0.25) is 0 Å². The highest BCUT2D eigenvalue weighted by Gasteiger charge is 2.12. The van der Waals surface area contributed by atoms with E-state index in [1.54, 1.807) is 13.0 Å². The maximum atomic E-state index is 11.4. The molecule has 0 aliphatic heterocycles. The monoisotopic (exact) mass is 316 g/mol. The van der Waals surface area contributed by atoms with Crippen LogP contribution >= 0.6 is 0 Å². The van der Waals surface area contributed by atoms with Gasteiger partial charge in [-0.2, -0.15) is 0 Å². The number of anilines is 1. The molecule has 0 amide bonds. The van der Waals surface area contributed by atoms with Crippen LogP contribution in [-0.2, 0) is 9.84 Å². The lowest BCUT2D eigenvalue weighted by atomic mass is 10.2. The SMILES string of the molecule is CCCOc1cc(NCCS(=O)(=O)CC)cc([N+](=O)[O-])c1. The number of rotatable bonds is 9. The van der Waals surface area contributed by atoms with Crippen LogP contribution in [-0.4, -0.2) is 38.0 Å². The zero-order chi connectivity index (χ0) is 15.9. The maximum absolute atomic E-state index is 11.4. The lowest BCUT2D eigenvalue weighted by Crippen LogP contribution is -2.17. The molecular formula is C13H20N2O5S. The van der Waals surface area contributed by atoms with Crippen LogP contribution in [0.2, 0.25) is 0 Å². The fourth-order valence-electron chi connectivity index (χ4n) is 1.59. The van der Waals surface area contributed by atoms with Gasteiger partial charge in [-0.25, -0.2) is 8.42 Å². The van der Waals surface area contributed by atoms with E-state index in [4.69, 9.17) is 4.74 Å². The highest BCUT2D eigenvalue weighted by molar-refractivity contribution is 7.91. The Morgan fingerprint density at radius 2 is 2.00 bits per heavy atom. The molecule has 118 valence electrons. The number of nitrogens with zero attached hydrogens (tertiary/aromatic N) is 1. The summed E-state index contributed by atoms with van der Waals surface area (Å²) in [5, 5.41) is 13.8. The second-order valence-corrected chi connectivity index (χ2v) is 6.96. The largest absolute Gasteiger partial charge is 0.493 e. The summed E-state index contributed by atoms with van der Waals surface area (Å²) in [7, 11) is -3.07. The molecule has 7 nitrogen and oxygen atoms in total. The van der Waals surface area contributed by atoms with Gasteiger partial charge in [-0.05, 0) is 6.42 Å². The molecule has 0 saturated carbocycles. The standard InChI is InChI=1S/C13H20N2O5S/c1-3-6-20-13-9-11(8-12(10-13)15(16)17)14-5-7-21(18,19)4-2/h8-10,14H,3-7H2,1-2H3.